The van der Waals surface area contributed by atoms with E-state index in [9.17, 15) is 4.39 Å². The highest BCUT2D eigenvalue weighted by molar-refractivity contribution is 8.00. The maximum absolute atomic E-state index is 13.4. The molecule has 90 valence electrons. The number of halogens is 1. The van der Waals surface area contributed by atoms with E-state index in [1.807, 2.05) is 13.8 Å². The van der Waals surface area contributed by atoms with Gasteiger partial charge in [-0.2, -0.15) is 0 Å². The first kappa shape index (κ1) is 13.5. The Morgan fingerprint density at radius 2 is 2.06 bits per heavy atom. The minimum Gasteiger partial charge on any atom is -0.395 e. The van der Waals surface area contributed by atoms with E-state index in [2.05, 4.69) is 0 Å². The standard InChI is InChI=1S/C12H18FNOS/c1-7-4-12(16-8(2)6-15)10(9(3)14)5-11(7)13/h4-5,8-9,15H,6,14H2,1-3H3. The molecule has 0 aliphatic rings. The molecule has 2 atom stereocenters. The first-order valence-electron chi connectivity index (χ1n) is 5.28. The highest BCUT2D eigenvalue weighted by Gasteiger charge is 2.13. The molecule has 1 rings (SSSR count). The lowest BCUT2D eigenvalue weighted by Gasteiger charge is -2.16. The van der Waals surface area contributed by atoms with Crippen molar-refractivity contribution in [3.8, 4) is 0 Å². The molecule has 0 spiro atoms. The molecular weight excluding hydrogens is 225 g/mol. The van der Waals surface area contributed by atoms with Gasteiger partial charge in [0.1, 0.15) is 5.82 Å². The second-order valence-electron chi connectivity index (χ2n) is 4.04. The van der Waals surface area contributed by atoms with Gasteiger partial charge in [-0.15, -0.1) is 11.8 Å². The molecule has 0 fully saturated rings. The fourth-order valence-corrected chi connectivity index (χ4v) is 2.52. The van der Waals surface area contributed by atoms with Crippen LogP contribution in [0, 0.1) is 12.7 Å². The SMILES string of the molecule is Cc1cc(SC(C)CO)c(C(C)N)cc1F. The van der Waals surface area contributed by atoms with Crippen LogP contribution >= 0.6 is 11.8 Å². The molecular formula is C12H18FNOS. The summed E-state index contributed by atoms with van der Waals surface area (Å²) in [6.45, 7) is 5.58. The van der Waals surface area contributed by atoms with Crippen LogP contribution in [0.15, 0.2) is 17.0 Å². The molecule has 16 heavy (non-hydrogen) atoms. The topological polar surface area (TPSA) is 46.2 Å². The number of aliphatic hydroxyl groups excluding tert-OH is 1. The molecule has 1 aromatic carbocycles. The van der Waals surface area contributed by atoms with Crippen LogP contribution in [0.1, 0.15) is 31.0 Å². The number of nitrogens with two attached hydrogens (primary N) is 1. The van der Waals surface area contributed by atoms with Crippen LogP contribution in [0.25, 0.3) is 0 Å². The highest BCUT2D eigenvalue weighted by Crippen LogP contribution is 2.31. The van der Waals surface area contributed by atoms with Gasteiger partial charge in [-0.25, -0.2) is 4.39 Å². The van der Waals surface area contributed by atoms with Gasteiger partial charge in [-0.05, 0) is 37.1 Å². The van der Waals surface area contributed by atoms with Crippen molar-refractivity contribution < 1.29 is 9.50 Å². The largest absolute Gasteiger partial charge is 0.395 e. The first-order chi connectivity index (χ1) is 7.45. The molecule has 0 aliphatic carbocycles. The van der Waals surface area contributed by atoms with Crippen LogP contribution in [0.4, 0.5) is 4.39 Å². The van der Waals surface area contributed by atoms with Gasteiger partial charge < -0.3 is 10.8 Å². The minimum atomic E-state index is -0.228. The van der Waals surface area contributed by atoms with E-state index in [0.29, 0.717) is 5.56 Å². The lowest BCUT2D eigenvalue weighted by Crippen LogP contribution is -2.10. The zero-order valence-corrected chi connectivity index (χ0v) is 10.6. The summed E-state index contributed by atoms with van der Waals surface area (Å²) >= 11 is 1.52. The van der Waals surface area contributed by atoms with E-state index < -0.39 is 0 Å². The van der Waals surface area contributed by atoms with Crippen LogP contribution in [0.5, 0.6) is 0 Å². The zero-order chi connectivity index (χ0) is 12.3. The van der Waals surface area contributed by atoms with Crippen LogP contribution in [0.2, 0.25) is 0 Å². The van der Waals surface area contributed by atoms with Crippen molar-refractivity contribution in [2.45, 2.75) is 37.0 Å². The minimum absolute atomic E-state index is 0.0855. The third-order valence-electron chi connectivity index (χ3n) is 2.37. The Labute approximate surface area is 100 Å². The van der Waals surface area contributed by atoms with Crippen LogP contribution in [0.3, 0.4) is 0 Å². The maximum atomic E-state index is 13.4. The number of rotatable bonds is 4. The van der Waals surface area contributed by atoms with E-state index >= 15 is 0 Å². The Hall–Kier alpha value is -0.580. The molecule has 0 aliphatic heterocycles. The Morgan fingerprint density at radius 3 is 2.56 bits per heavy atom. The predicted molar refractivity (Wildman–Crippen MR) is 66.1 cm³/mol. The quantitative estimate of drug-likeness (QED) is 0.799. The van der Waals surface area contributed by atoms with Crippen LogP contribution in [-0.4, -0.2) is 17.0 Å². The molecule has 1 aromatic rings. The van der Waals surface area contributed by atoms with Crippen molar-refractivity contribution in [1.82, 2.24) is 0 Å². The monoisotopic (exact) mass is 243 g/mol. The average molecular weight is 243 g/mol. The Balaban J connectivity index is 3.09. The Morgan fingerprint density at radius 1 is 1.44 bits per heavy atom. The van der Waals surface area contributed by atoms with Gasteiger partial charge in [0.15, 0.2) is 0 Å². The fourth-order valence-electron chi connectivity index (χ4n) is 1.38. The van der Waals surface area contributed by atoms with Gasteiger partial charge >= 0.3 is 0 Å². The maximum Gasteiger partial charge on any atom is 0.126 e. The summed E-state index contributed by atoms with van der Waals surface area (Å²) in [7, 11) is 0. The van der Waals surface area contributed by atoms with E-state index in [1.165, 1.54) is 17.8 Å². The number of hydrogen-bond donors (Lipinski definition) is 2. The van der Waals surface area contributed by atoms with E-state index in [4.69, 9.17) is 10.8 Å². The van der Waals surface area contributed by atoms with Crippen molar-refractivity contribution >= 4 is 11.8 Å². The molecule has 2 nitrogen and oxygen atoms in total. The highest BCUT2D eigenvalue weighted by atomic mass is 32.2. The number of benzene rings is 1. The van der Waals surface area contributed by atoms with Crippen LogP contribution < -0.4 is 5.73 Å². The molecule has 0 radical (unpaired) electrons. The van der Waals surface area contributed by atoms with Gasteiger partial charge in [0.05, 0.1) is 6.61 Å². The summed E-state index contributed by atoms with van der Waals surface area (Å²) in [6.07, 6.45) is 0. The number of thioether (sulfide) groups is 1. The summed E-state index contributed by atoms with van der Waals surface area (Å²) in [6, 6.07) is 3.08. The average Bonchev–Trinajstić information content (AvgIpc) is 2.22. The summed E-state index contributed by atoms with van der Waals surface area (Å²) < 4.78 is 13.4. The summed E-state index contributed by atoms with van der Waals surface area (Å²) in [5.41, 5.74) is 7.22. The summed E-state index contributed by atoms with van der Waals surface area (Å²) in [5.74, 6) is -0.228. The van der Waals surface area contributed by atoms with Gasteiger partial charge in [-0.1, -0.05) is 6.92 Å². The number of aliphatic hydroxyl groups is 1. The van der Waals surface area contributed by atoms with Crippen molar-refractivity contribution in [3.05, 3.63) is 29.1 Å². The van der Waals surface area contributed by atoms with Crippen molar-refractivity contribution in [2.24, 2.45) is 5.73 Å². The van der Waals surface area contributed by atoms with Crippen molar-refractivity contribution in [3.63, 3.8) is 0 Å². The smallest absolute Gasteiger partial charge is 0.126 e. The Kier molecular flexibility index (Phi) is 4.77. The fraction of sp³-hybridized carbons (Fsp3) is 0.500. The second-order valence-corrected chi connectivity index (χ2v) is 5.52. The summed E-state index contributed by atoms with van der Waals surface area (Å²) in [4.78, 5) is 0.954. The van der Waals surface area contributed by atoms with E-state index in [1.54, 1.807) is 13.0 Å². The molecule has 0 aromatic heterocycles. The molecule has 0 bridgehead atoms. The van der Waals surface area contributed by atoms with Crippen molar-refractivity contribution in [2.75, 3.05) is 6.61 Å². The van der Waals surface area contributed by atoms with Crippen molar-refractivity contribution in [1.29, 1.82) is 0 Å². The second kappa shape index (κ2) is 5.66. The van der Waals surface area contributed by atoms with Gasteiger partial charge in [0, 0.05) is 16.2 Å². The van der Waals surface area contributed by atoms with Gasteiger partial charge in [-0.3, -0.25) is 0 Å². The number of hydrogen-bond acceptors (Lipinski definition) is 3. The van der Waals surface area contributed by atoms with E-state index in [-0.39, 0.29) is 23.7 Å². The summed E-state index contributed by atoms with van der Waals surface area (Å²) in [5, 5.41) is 9.11. The first-order valence-corrected chi connectivity index (χ1v) is 6.16. The predicted octanol–water partition coefficient (Wildman–Crippen LogP) is 2.63. The normalized spacial score (nSPS) is 14.9. The zero-order valence-electron chi connectivity index (χ0n) is 9.83. The third-order valence-corrected chi connectivity index (χ3v) is 3.53. The Bertz CT molecular complexity index is 368. The third kappa shape index (κ3) is 3.20. The molecule has 0 saturated heterocycles. The molecule has 2 unspecified atom stereocenters. The molecule has 0 heterocycles. The lowest BCUT2D eigenvalue weighted by molar-refractivity contribution is 0.300. The van der Waals surface area contributed by atoms with Crippen LogP contribution in [-0.2, 0) is 0 Å². The molecule has 0 amide bonds. The lowest BCUT2D eigenvalue weighted by atomic mass is 10.1. The molecule has 3 N–H and O–H groups in total. The van der Waals surface area contributed by atoms with Gasteiger partial charge in [0.2, 0.25) is 0 Å². The van der Waals surface area contributed by atoms with Gasteiger partial charge in [0.25, 0.3) is 0 Å². The number of aryl methyl sites for hydroxylation is 1. The molecule has 4 heteroatoms. The molecule has 0 saturated carbocycles. The van der Waals surface area contributed by atoms with E-state index in [0.717, 1.165) is 10.5 Å².